The van der Waals surface area contributed by atoms with Crippen LogP contribution in [-0.4, -0.2) is 44.9 Å². The molecule has 0 spiro atoms. The van der Waals surface area contributed by atoms with Crippen LogP contribution in [0.1, 0.15) is 47.8 Å². The van der Waals surface area contributed by atoms with Gasteiger partial charge < -0.3 is 0 Å². The first-order valence-electron chi connectivity index (χ1n) is 8.88. The second-order valence-electron chi connectivity index (χ2n) is 6.70. The van der Waals surface area contributed by atoms with E-state index >= 15 is 0 Å². The average molecular weight is 365 g/mol. The molecule has 0 amide bonds. The average Bonchev–Trinajstić information content (AvgIpc) is 3.17. The maximum Gasteiger partial charge on any atom is 0.0798 e. The standard InChI is InChI=1S/C18H28N4S2/c1-5-15-7-22(10-18-14(4)20-12-24-18)16(6-2)8-21(15)9-17-13(3)19-11-23-17/h11-12,15-16H,5-10H2,1-4H3/t15-,16-/m1/s1. The molecule has 0 aliphatic carbocycles. The van der Waals surface area contributed by atoms with Gasteiger partial charge in [0.25, 0.3) is 0 Å². The lowest BCUT2D eigenvalue weighted by molar-refractivity contribution is 0.0159. The zero-order chi connectivity index (χ0) is 17.1. The molecule has 2 aromatic heterocycles. The van der Waals surface area contributed by atoms with Crippen molar-refractivity contribution in [2.45, 2.75) is 65.7 Å². The Balaban J connectivity index is 1.72. The molecular weight excluding hydrogens is 336 g/mol. The summed E-state index contributed by atoms with van der Waals surface area (Å²) >= 11 is 3.60. The van der Waals surface area contributed by atoms with Gasteiger partial charge in [0.15, 0.2) is 0 Å². The monoisotopic (exact) mass is 364 g/mol. The van der Waals surface area contributed by atoms with Crippen molar-refractivity contribution in [3.05, 3.63) is 32.2 Å². The van der Waals surface area contributed by atoms with Crippen LogP contribution in [0.2, 0.25) is 0 Å². The third kappa shape index (κ3) is 3.87. The fraction of sp³-hybridized carbons (Fsp3) is 0.667. The molecule has 1 saturated heterocycles. The quantitative estimate of drug-likeness (QED) is 0.773. The van der Waals surface area contributed by atoms with Crippen LogP contribution in [0.25, 0.3) is 0 Å². The van der Waals surface area contributed by atoms with E-state index in [4.69, 9.17) is 0 Å². The molecule has 1 aliphatic heterocycles. The van der Waals surface area contributed by atoms with Crippen LogP contribution in [0.15, 0.2) is 11.0 Å². The summed E-state index contributed by atoms with van der Waals surface area (Å²) in [5.41, 5.74) is 6.36. The largest absolute Gasteiger partial charge is 0.292 e. The molecule has 2 aromatic rings. The third-order valence-corrected chi connectivity index (χ3v) is 7.09. The van der Waals surface area contributed by atoms with Gasteiger partial charge in [-0.2, -0.15) is 0 Å². The topological polar surface area (TPSA) is 32.3 Å². The van der Waals surface area contributed by atoms with E-state index in [0.717, 1.165) is 26.2 Å². The Morgan fingerprint density at radius 3 is 1.58 bits per heavy atom. The van der Waals surface area contributed by atoms with E-state index in [0.29, 0.717) is 12.1 Å². The van der Waals surface area contributed by atoms with Gasteiger partial charge in [0.1, 0.15) is 0 Å². The lowest BCUT2D eigenvalue weighted by atomic mass is 10.0. The zero-order valence-electron chi connectivity index (χ0n) is 15.2. The normalized spacial score (nSPS) is 23.0. The Bertz CT molecular complexity index is 595. The SMILES string of the molecule is CC[C@@H]1CN(Cc2scnc2C)[C@H](CC)CN1Cc1scnc1C. The van der Waals surface area contributed by atoms with E-state index in [1.165, 1.54) is 34.0 Å². The second-order valence-corrected chi connectivity index (χ2v) is 8.58. The Kier molecular flexibility index (Phi) is 6.02. The van der Waals surface area contributed by atoms with Gasteiger partial charge in [0.2, 0.25) is 0 Å². The lowest BCUT2D eigenvalue weighted by Gasteiger charge is -2.46. The predicted molar refractivity (Wildman–Crippen MR) is 103 cm³/mol. The number of nitrogens with zero attached hydrogens (tertiary/aromatic N) is 4. The van der Waals surface area contributed by atoms with Crippen molar-refractivity contribution in [3.8, 4) is 0 Å². The minimum atomic E-state index is 0.627. The minimum Gasteiger partial charge on any atom is -0.292 e. The van der Waals surface area contributed by atoms with Crippen molar-refractivity contribution < 1.29 is 0 Å². The minimum absolute atomic E-state index is 0.627. The Morgan fingerprint density at radius 1 is 0.875 bits per heavy atom. The molecule has 2 atom stereocenters. The summed E-state index contributed by atoms with van der Waals surface area (Å²) in [6, 6.07) is 1.25. The highest BCUT2D eigenvalue weighted by molar-refractivity contribution is 7.10. The smallest absolute Gasteiger partial charge is 0.0798 e. The van der Waals surface area contributed by atoms with Crippen LogP contribution in [0.3, 0.4) is 0 Å². The highest BCUT2D eigenvalue weighted by Crippen LogP contribution is 2.26. The van der Waals surface area contributed by atoms with Crippen molar-refractivity contribution >= 4 is 22.7 Å². The van der Waals surface area contributed by atoms with Crippen LogP contribution >= 0.6 is 22.7 Å². The van der Waals surface area contributed by atoms with Crippen LogP contribution in [-0.2, 0) is 13.1 Å². The first kappa shape index (κ1) is 18.0. The van der Waals surface area contributed by atoms with E-state index in [-0.39, 0.29) is 0 Å². The molecule has 1 fully saturated rings. The van der Waals surface area contributed by atoms with Crippen molar-refractivity contribution in [2.75, 3.05) is 13.1 Å². The molecule has 4 nitrogen and oxygen atoms in total. The summed E-state index contributed by atoms with van der Waals surface area (Å²) < 4.78 is 0. The summed E-state index contributed by atoms with van der Waals surface area (Å²) in [6.45, 7) is 13.3. The van der Waals surface area contributed by atoms with Gasteiger partial charge in [-0.15, -0.1) is 22.7 Å². The van der Waals surface area contributed by atoms with Crippen LogP contribution in [0.4, 0.5) is 0 Å². The highest BCUT2D eigenvalue weighted by atomic mass is 32.1. The summed E-state index contributed by atoms with van der Waals surface area (Å²) in [7, 11) is 0. The van der Waals surface area contributed by atoms with Crippen molar-refractivity contribution in [1.29, 1.82) is 0 Å². The molecule has 0 radical (unpaired) electrons. The van der Waals surface area contributed by atoms with Crippen molar-refractivity contribution in [1.82, 2.24) is 19.8 Å². The fourth-order valence-electron chi connectivity index (χ4n) is 3.56. The van der Waals surface area contributed by atoms with Crippen LogP contribution in [0, 0.1) is 13.8 Å². The van der Waals surface area contributed by atoms with Crippen LogP contribution < -0.4 is 0 Å². The van der Waals surface area contributed by atoms with Crippen molar-refractivity contribution in [3.63, 3.8) is 0 Å². The van der Waals surface area contributed by atoms with Gasteiger partial charge in [0, 0.05) is 48.0 Å². The summed E-state index contributed by atoms with van der Waals surface area (Å²) in [5.74, 6) is 0. The predicted octanol–water partition coefficient (Wildman–Crippen LogP) is 4.09. The molecule has 0 unspecified atom stereocenters. The first-order chi connectivity index (χ1) is 11.6. The Labute approximate surface area is 153 Å². The number of piperazine rings is 1. The van der Waals surface area contributed by atoms with Crippen LogP contribution in [0.5, 0.6) is 0 Å². The summed E-state index contributed by atoms with van der Waals surface area (Å²) in [6.07, 6.45) is 2.40. The molecule has 0 N–H and O–H groups in total. The molecule has 0 bridgehead atoms. The number of hydrogen-bond donors (Lipinski definition) is 0. The second kappa shape index (κ2) is 8.04. The summed E-state index contributed by atoms with van der Waals surface area (Å²) in [4.78, 5) is 17.1. The molecule has 24 heavy (non-hydrogen) atoms. The maximum atomic E-state index is 4.42. The third-order valence-electron chi connectivity index (χ3n) is 5.25. The molecular formula is C18H28N4S2. The number of aryl methyl sites for hydroxylation is 2. The number of aromatic nitrogens is 2. The Hall–Kier alpha value is -0.820. The molecule has 132 valence electrons. The molecule has 0 saturated carbocycles. The zero-order valence-corrected chi connectivity index (χ0v) is 16.8. The number of thiazole rings is 2. The van der Waals surface area contributed by atoms with Gasteiger partial charge in [-0.25, -0.2) is 9.97 Å². The maximum absolute atomic E-state index is 4.42. The van der Waals surface area contributed by atoms with E-state index in [2.05, 4.69) is 47.5 Å². The molecule has 3 rings (SSSR count). The Morgan fingerprint density at radius 2 is 1.29 bits per heavy atom. The van der Waals surface area contributed by atoms with Gasteiger partial charge in [0.05, 0.1) is 22.4 Å². The van der Waals surface area contributed by atoms with E-state index < -0.39 is 0 Å². The molecule has 3 heterocycles. The van der Waals surface area contributed by atoms with Gasteiger partial charge >= 0.3 is 0 Å². The highest BCUT2D eigenvalue weighted by Gasteiger charge is 2.32. The molecule has 1 aliphatic rings. The lowest BCUT2D eigenvalue weighted by Crippen LogP contribution is -2.57. The van der Waals surface area contributed by atoms with Gasteiger partial charge in [-0.1, -0.05) is 13.8 Å². The van der Waals surface area contributed by atoms with E-state index in [1.807, 2.05) is 11.0 Å². The van der Waals surface area contributed by atoms with E-state index in [9.17, 15) is 0 Å². The fourth-order valence-corrected chi connectivity index (χ4v) is 5.16. The molecule has 6 heteroatoms. The number of hydrogen-bond acceptors (Lipinski definition) is 6. The first-order valence-corrected chi connectivity index (χ1v) is 10.6. The van der Waals surface area contributed by atoms with Crippen molar-refractivity contribution in [2.24, 2.45) is 0 Å². The van der Waals surface area contributed by atoms with Gasteiger partial charge in [-0.3, -0.25) is 9.80 Å². The summed E-state index contributed by atoms with van der Waals surface area (Å²) in [5, 5.41) is 0. The molecule has 0 aromatic carbocycles. The van der Waals surface area contributed by atoms with E-state index in [1.54, 1.807) is 22.7 Å². The van der Waals surface area contributed by atoms with Gasteiger partial charge in [-0.05, 0) is 26.7 Å². The number of rotatable bonds is 6.